The number of aromatic nitrogens is 4. The van der Waals surface area contributed by atoms with E-state index in [-0.39, 0.29) is 25.0 Å². The normalized spacial score (nSPS) is 13.9. The van der Waals surface area contributed by atoms with E-state index in [4.69, 9.17) is 4.74 Å². The monoisotopic (exact) mass is 428 g/mol. The molecule has 0 bridgehead atoms. The summed E-state index contributed by atoms with van der Waals surface area (Å²) >= 11 is 1.34. The fraction of sp³-hybridized carbons (Fsp3) is 0.211. The highest BCUT2D eigenvalue weighted by atomic mass is 32.2. The number of fused-ring (bicyclic) bond motifs is 1. The second-order valence-electron chi connectivity index (χ2n) is 6.22. The minimum absolute atomic E-state index is 0.0994. The molecule has 0 spiro atoms. The molecule has 154 valence electrons. The maximum Gasteiger partial charge on any atom is 0.337 e. The number of carbonyl (C=O) groups is 2. The van der Waals surface area contributed by atoms with Crippen molar-refractivity contribution in [2.75, 3.05) is 18.9 Å². The van der Waals surface area contributed by atoms with Crippen LogP contribution in [0.4, 0.5) is 9.18 Å². The highest BCUT2D eigenvalue weighted by Gasteiger charge is 2.24. The van der Waals surface area contributed by atoms with Gasteiger partial charge in [0.15, 0.2) is 5.65 Å². The molecule has 2 amide bonds. The Bertz CT molecular complexity index is 1140. The van der Waals surface area contributed by atoms with Gasteiger partial charge in [0.1, 0.15) is 17.2 Å². The van der Waals surface area contributed by atoms with Gasteiger partial charge in [-0.05, 0) is 31.2 Å². The molecule has 11 heteroatoms. The molecule has 30 heavy (non-hydrogen) atoms. The number of ether oxygens (including phenoxy) is 1. The van der Waals surface area contributed by atoms with Crippen LogP contribution in [0, 0.1) is 5.82 Å². The third kappa shape index (κ3) is 3.96. The molecule has 0 atom stereocenters. The van der Waals surface area contributed by atoms with Crippen molar-refractivity contribution in [3.8, 4) is 5.69 Å². The lowest BCUT2D eigenvalue weighted by Gasteiger charge is -2.21. The molecule has 3 heterocycles. The molecule has 0 saturated carbocycles. The molecule has 0 radical (unpaired) electrons. The first kappa shape index (κ1) is 19.8. The summed E-state index contributed by atoms with van der Waals surface area (Å²) in [4.78, 5) is 32.5. The largest absolute Gasteiger partial charge is 0.463 e. The molecule has 0 aliphatic carbocycles. The zero-order chi connectivity index (χ0) is 21.1. The standard InChI is InChI=1S/C19H17FN6O3S/c1-2-29-18(27)13-7-21-19(28)25-15(13)9-30-17-14-8-24-26(16(14)22-10-23-17)12-5-3-11(20)4-6-12/h3-6,8,10H,2,7,9H2,1H3,(H2,21,25,28). The molecule has 0 fully saturated rings. The highest BCUT2D eigenvalue weighted by Crippen LogP contribution is 2.28. The van der Waals surface area contributed by atoms with E-state index in [0.29, 0.717) is 38.8 Å². The van der Waals surface area contributed by atoms with Gasteiger partial charge in [0.25, 0.3) is 0 Å². The van der Waals surface area contributed by atoms with Gasteiger partial charge in [-0.1, -0.05) is 11.8 Å². The first-order valence-electron chi connectivity index (χ1n) is 9.08. The average Bonchev–Trinajstić information content (AvgIpc) is 3.18. The molecule has 9 nitrogen and oxygen atoms in total. The molecule has 0 saturated heterocycles. The smallest absolute Gasteiger partial charge is 0.337 e. The topological polar surface area (TPSA) is 111 Å². The molecular weight excluding hydrogens is 411 g/mol. The first-order chi connectivity index (χ1) is 14.6. The predicted octanol–water partition coefficient (Wildman–Crippen LogP) is 2.18. The maximum atomic E-state index is 13.2. The lowest BCUT2D eigenvalue weighted by atomic mass is 10.2. The van der Waals surface area contributed by atoms with E-state index in [1.165, 1.54) is 30.2 Å². The summed E-state index contributed by atoms with van der Waals surface area (Å²) in [6.07, 6.45) is 3.04. The van der Waals surface area contributed by atoms with Crippen molar-refractivity contribution in [3.63, 3.8) is 0 Å². The van der Waals surface area contributed by atoms with Crippen LogP contribution < -0.4 is 10.6 Å². The Labute approximate surface area is 174 Å². The molecule has 3 aromatic rings. The van der Waals surface area contributed by atoms with E-state index >= 15 is 0 Å². The van der Waals surface area contributed by atoms with E-state index in [1.807, 2.05) is 0 Å². The number of hydrogen-bond acceptors (Lipinski definition) is 7. The summed E-state index contributed by atoms with van der Waals surface area (Å²) in [6.45, 7) is 2.06. The van der Waals surface area contributed by atoms with Crippen LogP contribution in [0.3, 0.4) is 0 Å². The molecular formula is C19H17FN6O3S. The minimum atomic E-state index is -0.474. The van der Waals surface area contributed by atoms with Gasteiger partial charge in [0.2, 0.25) is 0 Å². The maximum absolute atomic E-state index is 13.2. The van der Waals surface area contributed by atoms with Crippen LogP contribution in [-0.4, -0.2) is 50.7 Å². The van der Waals surface area contributed by atoms with Crippen LogP contribution in [0.15, 0.2) is 53.1 Å². The van der Waals surface area contributed by atoms with Crippen LogP contribution in [-0.2, 0) is 9.53 Å². The van der Waals surface area contributed by atoms with Crippen molar-refractivity contribution in [2.45, 2.75) is 11.9 Å². The number of halogens is 1. The van der Waals surface area contributed by atoms with Gasteiger partial charge in [0.05, 0.1) is 36.0 Å². The fourth-order valence-electron chi connectivity index (χ4n) is 2.92. The Kier molecular flexibility index (Phi) is 5.61. The number of hydrogen-bond donors (Lipinski definition) is 2. The van der Waals surface area contributed by atoms with Gasteiger partial charge < -0.3 is 15.4 Å². The van der Waals surface area contributed by atoms with Gasteiger partial charge in [-0.3, -0.25) is 0 Å². The van der Waals surface area contributed by atoms with Crippen molar-refractivity contribution in [2.24, 2.45) is 0 Å². The Morgan fingerprint density at radius 1 is 1.30 bits per heavy atom. The number of thioether (sulfide) groups is 1. The van der Waals surface area contributed by atoms with E-state index in [0.717, 1.165) is 0 Å². The van der Waals surface area contributed by atoms with E-state index in [1.54, 1.807) is 29.9 Å². The van der Waals surface area contributed by atoms with E-state index in [9.17, 15) is 14.0 Å². The molecule has 2 aromatic heterocycles. The Hall–Kier alpha value is -3.47. The molecule has 1 aliphatic heterocycles. The average molecular weight is 428 g/mol. The molecule has 4 rings (SSSR count). The fourth-order valence-corrected chi connectivity index (χ4v) is 3.87. The minimum Gasteiger partial charge on any atom is -0.463 e. The van der Waals surface area contributed by atoms with Crippen LogP contribution in [0.5, 0.6) is 0 Å². The third-order valence-corrected chi connectivity index (χ3v) is 5.36. The van der Waals surface area contributed by atoms with Crippen LogP contribution in [0.25, 0.3) is 16.7 Å². The molecule has 1 aliphatic rings. The number of esters is 1. The van der Waals surface area contributed by atoms with Gasteiger partial charge in [-0.25, -0.2) is 28.6 Å². The predicted molar refractivity (Wildman–Crippen MR) is 108 cm³/mol. The highest BCUT2D eigenvalue weighted by molar-refractivity contribution is 7.99. The summed E-state index contributed by atoms with van der Waals surface area (Å²) < 4.78 is 19.9. The summed E-state index contributed by atoms with van der Waals surface area (Å²) in [7, 11) is 0. The van der Waals surface area contributed by atoms with Crippen molar-refractivity contribution in [1.82, 2.24) is 30.4 Å². The van der Waals surface area contributed by atoms with Crippen molar-refractivity contribution in [1.29, 1.82) is 0 Å². The number of rotatable bonds is 6. The van der Waals surface area contributed by atoms with Gasteiger partial charge in [-0.15, -0.1) is 0 Å². The lowest BCUT2D eigenvalue weighted by molar-refractivity contribution is -0.138. The van der Waals surface area contributed by atoms with Gasteiger partial charge >= 0.3 is 12.0 Å². The van der Waals surface area contributed by atoms with Crippen molar-refractivity contribution in [3.05, 3.63) is 53.9 Å². The Morgan fingerprint density at radius 2 is 2.10 bits per heavy atom. The second-order valence-corrected chi connectivity index (χ2v) is 7.19. The number of carbonyl (C=O) groups excluding carboxylic acids is 2. The van der Waals surface area contributed by atoms with Crippen LogP contribution in [0.2, 0.25) is 0 Å². The van der Waals surface area contributed by atoms with Gasteiger partial charge in [0, 0.05) is 11.4 Å². The number of amides is 2. The van der Waals surface area contributed by atoms with Crippen molar-refractivity contribution >= 4 is 34.8 Å². The molecule has 2 N–H and O–H groups in total. The van der Waals surface area contributed by atoms with Crippen LogP contribution >= 0.6 is 11.8 Å². The lowest BCUT2D eigenvalue weighted by Crippen LogP contribution is -2.44. The molecule has 1 aromatic carbocycles. The summed E-state index contributed by atoms with van der Waals surface area (Å²) in [5.74, 6) is -0.511. The number of nitrogens with zero attached hydrogens (tertiary/aromatic N) is 4. The number of urea groups is 1. The van der Waals surface area contributed by atoms with E-state index < -0.39 is 5.97 Å². The number of nitrogens with one attached hydrogen (secondary N) is 2. The SMILES string of the molecule is CCOC(=O)C1=C(CSc2ncnc3c2cnn3-c2ccc(F)cc2)NC(=O)NC1. The summed E-state index contributed by atoms with van der Waals surface area (Å²) in [6, 6.07) is 5.54. The quantitative estimate of drug-likeness (QED) is 0.352. The first-order valence-corrected chi connectivity index (χ1v) is 10.1. The molecule has 0 unspecified atom stereocenters. The van der Waals surface area contributed by atoms with E-state index in [2.05, 4.69) is 25.7 Å². The zero-order valence-corrected chi connectivity index (χ0v) is 16.7. The zero-order valence-electron chi connectivity index (χ0n) is 15.9. The van der Waals surface area contributed by atoms with Crippen molar-refractivity contribution < 1.29 is 18.7 Å². The Morgan fingerprint density at radius 3 is 2.87 bits per heavy atom. The second kappa shape index (κ2) is 8.49. The third-order valence-electron chi connectivity index (χ3n) is 4.33. The Balaban J connectivity index is 1.62. The van der Waals surface area contributed by atoms with Crippen LogP contribution in [0.1, 0.15) is 6.92 Å². The summed E-state index contributed by atoms with van der Waals surface area (Å²) in [5, 5.41) is 10.9. The van der Waals surface area contributed by atoms with Gasteiger partial charge in [-0.2, -0.15) is 5.10 Å². The summed E-state index contributed by atoms with van der Waals surface area (Å²) in [5.41, 5.74) is 2.07. The number of benzene rings is 1.